The fourth-order valence-corrected chi connectivity index (χ4v) is 3.61. The van der Waals surface area contributed by atoms with Crippen molar-refractivity contribution in [2.24, 2.45) is 5.92 Å². The molecule has 2 rings (SSSR count). The number of rotatable bonds is 7. The van der Waals surface area contributed by atoms with Crippen LogP contribution in [0.15, 0.2) is 0 Å². The van der Waals surface area contributed by atoms with E-state index >= 15 is 0 Å². The summed E-state index contributed by atoms with van der Waals surface area (Å²) in [5.74, 6) is 0.948. The van der Waals surface area contributed by atoms with E-state index in [0.29, 0.717) is 12.6 Å². The molecule has 0 amide bonds. The standard InChI is InChI=1S/C16H32N2O/c1-14-6-8-15(9-7-14)17-10-2-3-11-18-12-4-5-16(18)13-19/h14-17,19H,2-13H2,1H3. The van der Waals surface area contributed by atoms with Gasteiger partial charge in [0.1, 0.15) is 0 Å². The van der Waals surface area contributed by atoms with Gasteiger partial charge in [0, 0.05) is 12.1 Å². The molecule has 0 bridgehead atoms. The Hall–Kier alpha value is -0.120. The Labute approximate surface area is 118 Å². The Morgan fingerprint density at radius 1 is 1.11 bits per heavy atom. The van der Waals surface area contributed by atoms with Crippen LogP contribution >= 0.6 is 0 Å². The average molecular weight is 268 g/mol. The molecule has 19 heavy (non-hydrogen) atoms. The Morgan fingerprint density at radius 2 is 1.89 bits per heavy atom. The molecule has 2 aliphatic rings. The summed E-state index contributed by atoms with van der Waals surface area (Å²) in [6, 6.07) is 1.24. The minimum atomic E-state index is 0.346. The molecule has 0 spiro atoms. The van der Waals surface area contributed by atoms with Gasteiger partial charge in [-0.2, -0.15) is 0 Å². The SMILES string of the molecule is CC1CCC(NCCCCN2CCCC2CO)CC1. The van der Waals surface area contributed by atoms with Crippen LogP contribution in [0, 0.1) is 5.92 Å². The van der Waals surface area contributed by atoms with Crippen molar-refractivity contribution in [3.05, 3.63) is 0 Å². The summed E-state index contributed by atoms with van der Waals surface area (Å²) >= 11 is 0. The predicted octanol–water partition coefficient (Wildman–Crippen LogP) is 2.39. The maximum Gasteiger partial charge on any atom is 0.0586 e. The minimum absolute atomic E-state index is 0.346. The van der Waals surface area contributed by atoms with Crippen molar-refractivity contribution < 1.29 is 5.11 Å². The lowest BCUT2D eigenvalue weighted by Gasteiger charge is -2.27. The molecule has 3 nitrogen and oxygen atoms in total. The number of aliphatic hydroxyl groups is 1. The smallest absolute Gasteiger partial charge is 0.0586 e. The summed E-state index contributed by atoms with van der Waals surface area (Å²) < 4.78 is 0. The van der Waals surface area contributed by atoms with Crippen LogP contribution < -0.4 is 5.32 Å². The van der Waals surface area contributed by atoms with E-state index in [-0.39, 0.29) is 0 Å². The fourth-order valence-electron chi connectivity index (χ4n) is 3.61. The molecule has 1 saturated carbocycles. The molecular formula is C16H32N2O. The molecule has 1 aliphatic heterocycles. The van der Waals surface area contributed by atoms with Gasteiger partial charge in [-0.1, -0.05) is 6.92 Å². The first-order valence-corrected chi connectivity index (χ1v) is 8.38. The largest absolute Gasteiger partial charge is 0.395 e. The molecule has 112 valence electrons. The second kappa shape index (κ2) is 8.23. The highest BCUT2D eigenvalue weighted by Gasteiger charge is 2.22. The first-order chi connectivity index (χ1) is 9.29. The van der Waals surface area contributed by atoms with Crippen LogP contribution in [0.4, 0.5) is 0 Å². The third-order valence-electron chi connectivity index (χ3n) is 5.03. The highest BCUT2D eigenvalue weighted by Crippen LogP contribution is 2.23. The van der Waals surface area contributed by atoms with Crippen molar-refractivity contribution >= 4 is 0 Å². The van der Waals surface area contributed by atoms with Crippen molar-refractivity contribution in [1.82, 2.24) is 10.2 Å². The van der Waals surface area contributed by atoms with Gasteiger partial charge in [0.2, 0.25) is 0 Å². The summed E-state index contributed by atoms with van der Waals surface area (Å²) in [4.78, 5) is 2.47. The first-order valence-electron chi connectivity index (χ1n) is 8.38. The van der Waals surface area contributed by atoms with Crippen molar-refractivity contribution in [2.45, 2.75) is 70.4 Å². The van der Waals surface area contributed by atoms with Crippen molar-refractivity contribution in [1.29, 1.82) is 0 Å². The number of hydrogen-bond acceptors (Lipinski definition) is 3. The monoisotopic (exact) mass is 268 g/mol. The minimum Gasteiger partial charge on any atom is -0.395 e. The highest BCUT2D eigenvalue weighted by atomic mass is 16.3. The lowest BCUT2D eigenvalue weighted by molar-refractivity contribution is 0.157. The van der Waals surface area contributed by atoms with Gasteiger partial charge in [0.05, 0.1) is 6.61 Å². The van der Waals surface area contributed by atoms with Crippen molar-refractivity contribution in [2.75, 3.05) is 26.2 Å². The Morgan fingerprint density at radius 3 is 2.63 bits per heavy atom. The Bertz CT molecular complexity index is 239. The summed E-state index contributed by atoms with van der Waals surface area (Å²) in [5, 5.41) is 13.0. The molecule has 0 aromatic carbocycles. The zero-order valence-electron chi connectivity index (χ0n) is 12.6. The lowest BCUT2D eigenvalue weighted by Crippen LogP contribution is -2.35. The van der Waals surface area contributed by atoms with Gasteiger partial charge in [-0.05, 0) is 76.9 Å². The molecule has 1 heterocycles. The maximum atomic E-state index is 9.28. The van der Waals surface area contributed by atoms with Crippen LogP contribution in [0.3, 0.4) is 0 Å². The van der Waals surface area contributed by atoms with Gasteiger partial charge >= 0.3 is 0 Å². The van der Waals surface area contributed by atoms with E-state index in [4.69, 9.17) is 0 Å². The third kappa shape index (κ3) is 5.05. The van der Waals surface area contributed by atoms with Gasteiger partial charge in [-0.15, -0.1) is 0 Å². The van der Waals surface area contributed by atoms with E-state index in [1.165, 1.54) is 71.0 Å². The zero-order chi connectivity index (χ0) is 13.5. The average Bonchev–Trinajstić information content (AvgIpc) is 2.88. The van der Waals surface area contributed by atoms with Crippen molar-refractivity contribution in [3.63, 3.8) is 0 Å². The molecular weight excluding hydrogens is 236 g/mol. The van der Waals surface area contributed by atoms with Gasteiger partial charge in [0.15, 0.2) is 0 Å². The molecule has 0 aromatic rings. The van der Waals surface area contributed by atoms with E-state index < -0.39 is 0 Å². The van der Waals surface area contributed by atoms with Crippen LogP contribution in [-0.2, 0) is 0 Å². The predicted molar refractivity (Wildman–Crippen MR) is 80.3 cm³/mol. The van der Waals surface area contributed by atoms with E-state index in [1.54, 1.807) is 0 Å². The van der Waals surface area contributed by atoms with E-state index in [2.05, 4.69) is 17.1 Å². The number of nitrogens with one attached hydrogen (secondary N) is 1. The molecule has 0 radical (unpaired) electrons. The molecule has 2 N–H and O–H groups in total. The normalized spacial score (nSPS) is 32.8. The van der Waals surface area contributed by atoms with Crippen LogP contribution in [-0.4, -0.2) is 48.3 Å². The van der Waals surface area contributed by atoms with Crippen LogP contribution in [0.5, 0.6) is 0 Å². The van der Waals surface area contributed by atoms with Gasteiger partial charge in [-0.25, -0.2) is 0 Å². The number of nitrogens with zero attached hydrogens (tertiary/aromatic N) is 1. The molecule has 1 atom stereocenters. The van der Waals surface area contributed by atoms with Crippen LogP contribution in [0.1, 0.15) is 58.3 Å². The molecule has 3 heteroatoms. The summed E-state index contributed by atoms with van der Waals surface area (Å²) in [6.07, 6.45) is 10.6. The van der Waals surface area contributed by atoms with Crippen LogP contribution in [0.25, 0.3) is 0 Å². The number of unbranched alkanes of at least 4 members (excludes halogenated alkanes) is 1. The topological polar surface area (TPSA) is 35.5 Å². The number of aliphatic hydroxyl groups excluding tert-OH is 1. The van der Waals surface area contributed by atoms with Gasteiger partial charge in [0.25, 0.3) is 0 Å². The van der Waals surface area contributed by atoms with E-state index in [0.717, 1.165) is 12.0 Å². The fraction of sp³-hybridized carbons (Fsp3) is 1.00. The molecule has 1 aliphatic carbocycles. The summed E-state index contributed by atoms with van der Waals surface area (Å²) in [6.45, 7) is 6.27. The lowest BCUT2D eigenvalue weighted by atomic mass is 9.87. The number of likely N-dealkylation sites (tertiary alicyclic amines) is 1. The number of hydrogen-bond donors (Lipinski definition) is 2. The molecule has 2 fully saturated rings. The Balaban J connectivity index is 1.48. The van der Waals surface area contributed by atoms with E-state index in [1.807, 2.05) is 0 Å². The second-order valence-corrected chi connectivity index (χ2v) is 6.63. The third-order valence-corrected chi connectivity index (χ3v) is 5.03. The van der Waals surface area contributed by atoms with E-state index in [9.17, 15) is 5.11 Å². The molecule has 0 aromatic heterocycles. The molecule has 1 unspecified atom stereocenters. The highest BCUT2D eigenvalue weighted by molar-refractivity contribution is 4.78. The second-order valence-electron chi connectivity index (χ2n) is 6.63. The molecule has 1 saturated heterocycles. The quantitative estimate of drug-likeness (QED) is 0.696. The summed E-state index contributed by atoms with van der Waals surface area (Å²) in [7, 11) is 0. The first kappa shape index (κ1) is 15.3. The van der Waals surface area contributed by atoms with Crippen molar-refractivity contribution in [3.8, 4) is 0 Å². The Kier molecular flexibility index (Phi) is 6.62. The maximum absolute atomic E-state index is 9.28. The zero-order valence-corrected chi connectivity index (χ0v) is 12.6. The van der Waals surface area contributed by atoms with Gasteiger partial charge < -0.3 is 10.4 Å². The van der Waals surface area contributed by atoms with Crippen LogP contribution in [0.2, 0.25) is 0 Å². The summed E-state index contributed by atoms with van der Waals surface area (Å²) in [5.41, 5.74) is 0. The van der Waals surface area contributed by atoms with Gasteiger partial charge in [-0.3, -0.25) is 4.90 Å².